The summed E-state index contributed by atoms with van der Waals surface area (Å²) < 4.78 is 6.56. The molecule has 1 heterocycles. The Balaban J connectivity index is 1.81. The van der Waals surface area contributed by atoms with Crippen LogP contribution in [-0.4, -0.2) is 28.8 Å². The van der Waals surface area contributed by atoms with Gasteiger partial charge >= 0.3 is 5.97 Å². The van der Waals surface area contributed by atoms with E-state index >= 15 is 0 Å². The minimum Gasteiger partial charge on any atom is -0.469 e. The summed E-state index contributed by atoms with van der Waals surface area (Å²) in [5.41, 5.74) is 2.38. The number of hydrogen-bond acceptors (Lipinski definition) is 4. The quantitative estimate of drug-likeness (QED) is 0.876. The Morgan fingerprint density at radius 1 is 1.21 bits per heavy atom. The van der Waals surface area contributed by atoms with Gasteiger partial charge in [0.15, 0.2) is 0 Å². The van der Waals surface area contributed by atoms with E-state index in [1.165, 1.54) is 7.11 Å². The molecule has 1 aromatic heterocycles. The van der Waals surface area contributed by atoms with E-state index in [0.717, 1.165) is 17.8 Å². The van der Waals surface area contributed by atoms with Crippen LogP contribution in [0.1, 0.15) is 25.0 Å². The van der Waals surface area contributed by atoms with Crippen molar-refractivity contribution in [2.24, 2.45) is 11.8 Å². The van der Waals surface area contributed by atoms with Crippen molar-refractivity contribution in [3.8, 4) is 5.69 Å². The lowest BCUT2D eigenvalue weighted by Crippen LogP contribution is -2.31. The first kappa shape index (κ1) is 16.2. The maximum Gasteiger partial charge on any atom is 0.309 e. The number of rotatable bonds is 4. The number of nitrogens with one attached hydrogen (secondary N) is 1. The molecule has 1 aliphatic rings. The second-order valence-electron chi connectivity index (χ2n) is 6.08. The Morgan fingerprint density at radius 3 is 2.67 bits per heavy atom. The molecule has 1 aliphatic carbocycles. The Kier molecular flexibility index (Phi) is 4.64. The van der Waals surface area contributed by atoms with Crippen molar-refractivity contribution >= 4 is 17.6 Å². The van der Waals surface area contributed by atoms with Crippen LogP contribution >= 0.6 is 0 Å². The first-order chi connectivity index (χ1) is 11.6. The summed E-state index contributed by atoms with van der Waals surface area (Å²) in [6.45, 7) is 1.91. The average molecular weight is 327 g/mol. The van der Waals surface area contributed by atoms with Gasteiger partial charge in [0.25, 0.3) is 0 Å². The van der Waals surface area contributed by atoms with Gasteiger partial charge in [-0.25, -0.2) is 4.68 Å². The van der Waals surface area contributed by atoms with Crippen LogP contribution in [0, 0.1) is 18.8 Å². The number of ether oxygens (including phenoxy) is 1. The number of anilines is 1. The number of carbonyl (C=O) groups is 2. The van der Waals surface area contributed by atoms with Gasteiger partial charge in [0.2, 0.25) is 5.91 Å². The van der Waals surface area contributed by atoms with E-state index in [2.05, 4.69) is 10.4 Å². The second kappa shape index (κ2) is 6.86. The highest BCUT2D eigenvalue weighted by Crippen LogP contribution is 2.34. The minimum atomic E-state index is -0.353. The number of carbonyl (C=O) groups excluding carboxylic acids is 2. The number of hydrogen-bond donors (Lipinski definition) is 1. The van der Waals surface area contributed by atoms with Crippen LogP contribution in [-0.2, 0) is 14.3 Å². The zero-order valence-electron chi connectivity index (χ0n) is 13.9. The first-order valence-corrected chi connectivity index (χ1v) is 8.10. The van der Waals surface area contributed by atoms with E-state index in [9.17, 15) is 9.59 Å². The third-order valence-corrected chi connectivity index (χ3v) is 4.49. The molecule has 0 radical (unpaired) electrons. The Labute approximate surface area is 140 Å². The van der Waals surface area contributed by atoms with E-state index < -0.39 is 0 Å². The molecule has 0 saturated heterocycles. The number of amides is 1. The van der Waals surface area contributed by atoms with Crippen LogP contribution in [0.25, 0.3) is 5.69 Å². The maximum absolute atomic E-state index is 12.7. The standard InChI is InChI=1S/C18H21N3O3/c1-12-10-11-21(20-12)16-9-4-3-8-15(16)19-17(22)13-6-5-7-14(13)18(23)24-2/h3-4,8-11,13-14H,5-7H2,1-2H3,(H,19,22)/t13-,14-/m1/s1. The Morgan fingerprint density at radius 2 is 1.96 bits per heavy atom. The topological polar surface area (TPSA) is 73.2 Å². The average Bonchev–Trinajstić information content (AvgIpc) is 3.23. The van der Waals surface area contributed by atoms with Crippen LogP contribution < -0.4 is 5.32 Å². The van der Waals surface area contributed by atoms with Crippen LogP contribution in [0.5, 0.6) is 0 Å². The number of nitrogens with zero attached hydrogens (tertiary/aromatic N) is 2. The molecule has 6 heteroatoms. The van der Waals surface area contributed by atoms with Crippen molar-refractivity contribution in [1.29, 1.82) is 0 Å². The van der Waals surface area contributed by atoms with E-state index in [0.29, 0.717) is 18.5 Å². The number of aromatic nitrogens is 2. The molecule has 0 aliphatic heterocycles. The maximum atomic E-state index is 12.7. The van der Waals surface area contributed by atoms with Crippen LogP contribution in [0.15, 0.2) is 36.5 Å². The number of para-hydroxylation sites is 2. The normalized spacial score (nSPS) is 19.9. The van der Waals surface area contributed by atoms with Gasteiger partial charge in [0.05, 0.1) is 36.0 Å². The highest BCUT2D eigenvalue weighted by atomic mass is 16.5. The molecule has 1 amide bonds. The van der Waals surface area contributed by atoms with Crippen molar-refractivity contribution in [1.82, 2.24) is 9.78 Å². The molecule has 1 aromatic carbocycles. The van der Waals surface area contributed by atoms with Gasteiger partial charge in [-0.15, -0.1) is 0 Å². The fourth-order valence-corrected chi connectivity index (χ4v) is 3.26. The predicted octanol–water partition coefficient (Wildman–Crippen LogP) is 2.71. The van der Waals surface area contributed by atoms with Crippen LogP contribution in [0.3, 0.4) is 0 Å². The minimum absolute atomic E-state index is 0.140. The van der Waals surface area contributed by atoms with Crippen molar-refractivity contribution < 1.29 is 14.3 Å². The molecular weight excluding hydrogens is 306 g/mol. The van der Waals surface area contributed by atoms with Gasteiger partial charge in [-0.1, -0.05) is 18.6 Å². The van der Waals surface area contributed by atoms with Gasteiger partial charge in [0, 0.05) is 6.20 Å². The van der Waals surface area contributed by atoms with Crippen LogP contribution in [0.4, 0.5) is 5.69 Å². The van der Waals surface area contributed by atoms with Crippen molar-refractivity contribution in [3.63, 3.8) is 0 Å². The van der Waals surface area contributed by atoms with E-state index in [-0.39, 0.29) is 23.7 Å². The monoisotopic (exact) mass is 327 g/mol. The molecule has 1 N–H and O–H groups in total. The first-order valence-electron chi connectivity index (χ1n) is 8.10. The number of esters is 1. The summed E-state index contributed by atoms with van der Waals surface area (Å²) in [4.78, 5) is 24.5. The fraction of sp³-hybridized carbons (Fsp3) is 0.389. The van der Waals surface area contributed by atoms with Crippen molar-refractivity contribution in [2.45, 2.75) is 26.2 Å². The molecule has 24 heavy (non-hydrogen) atoms. The molecule has 0 bridgehead atoms. The molecule has 3 rings (SSSR count). The summed E-state index contributed by atoms with van der Waals surface area (Å²) >= 11 is 0. The molecule has 2 atom stereocenters. The molecule has 6 nitrogen and oxygen atoms in total. The molecule has 2 aromatic rings. The molecule has 126 valence electrons. The van der Waals surface area contributed by atoms with E-state index in [4.69, 9.17) is 4.74 Å². The summed E-state index contributed by atoms with van der Waals surface area (Å²) in [6, 6.07) is 9.40. The second-order valence-corrected chi connectivity index (χ2v) is 6.08. The highest BCUT2D eigenvalue weighted by molar-refractivity contribution is 5.97. The van der Waals surface area contributed by atoms with Gasteiger partial charge in [-0.05, 0) is 38.0 Å². The third-order valence-electron chi connectivity index (χ3n) is 4.49. The van der Waals surface area contributed by atoms with Gasteiger partial charge < -0.3 is 10.1 Å². The van der Waals surface area contributed by atoms with Gasteiger partial charge in [-0.2, -0.15) is 5.10 Å². The lowest BCUT2D eigenvalue weighted by Gasteiger charge is -2.18. The van der Waals surface area contributed by atoms with Crippen molar-refractivity contribution in [2.75, 3.05) is 12.4 Å². The summed E-state index contributed by atoms with van der Waals surface area (Å²) in [7, 11) is 1.37. The third kappa shape index (κ3) is 3.18. The fourth-order valence-electron chi connectivity index (χ4n) is 3.26. The van der Waals surface area contributed by atoms with Gasteiger partial charge in [-0.3, -0.25) is 9.59 Å². The predicted molar refractivity (Wildman–Crippen MR) is 89.8 cm³/mol. The molecular formula is C18H21N3O3. The number of methoxy groups -OCH3 is 1. The van der Waals surface area contributed by atoms with E-state index in [1.807, 2.05) is 43.5 Å². The zero-order valence-corrected chi connectivity index (χ0v) is 13.9. The summed E-state index contributed by atoms with van der Waals surface area (Å²) in [5.74, 6) is -1.14. The molecule has 1 fully saturated rings. The van der Waals surface area contributed by atoms with E-state index in [1.54, 1.807) is 4.68 Å². The number of benzene rings is 1. The van der Waals surface area contributed by atoms with Gasteiger partial charge in [0.1, 0.15) is 0 Å². The van der Waals surface area contributed by atoms with Crippen molar-refractivity contribution in [3.05, 3.63) is 42.2 Å². The lowest BCUT2D eigenvalue weighted by molar-refractivity contribution is -0.148. The highest BCUT2D eigenvalue weighted by Gasteiger charge is 2.38. The lowest BCUT2D eigenvalue weighted by atomic mass is 9.95. The molecule has 0 spiro atoms. The SMILES string of the molecule is COC(=O)[C@@H]1CCC[C@H]1C(=O)Nc1ccccc1-n1ccc(C)n1. The smallest absolute Gasteiger partial charge is 0.309 e. The Hall–Kier alpha value is -2.63. The Bertz CT molecular complexity index is 753. The molecule has 1 saturated carbocycles. The zero-order chi connectivity index (χ0) is 17.1. The summed E-state index contributed by atoms with van der Waals surface area (Å²) in [5, 5.41) is 7.36. The van der Waals surface area contributed by atoms with Crippen LogP contribution in [0.2, 0.25) is 0 Å². The molecule has 0 unspecified atom stereocenters. The largest absolute Gasteiger partial charge is 0.469 e. The number of aryl methyl sites for hydroxylation is 1. The summed E-state index contributed by atoms with van der Waals surface area (Å²) in [6.07, 6.45) is 4.12.